The number of piperidine rings is 1. The number of carbonyl (C=O) groups is 1. The Morgan fingerprint density at radius 3 is 2.62 bits per heavy atom. The second kappa shape index (κ2) is 7.80. The maximum absolute atomic E-state index is 12.7. The van der Waals surface area contributed by atoms with Gasteiger partial charge in [0.1, 0.15) is 0 Å². The van der Waals surface area contributed by atoms with Gasteiger partial charge in [-0.25, -0.2) is 0 Å². The Bertz CT molecular complexity index is 737. The Morgan fingerprint density at radius 1 is 1.08 bits per heavy atom. The van der Waals surface area contributed by atoms with E-state index < -0.39 is 0 Å². The molecule has 4 rings (SSSR count). The van der Waals surface area contributed by atoms with Crippen molar-refractivity contribution in [3.63, 3.8) is 0 Å². The Hall–Kier alpha value is -1.85. The summed E-state index contributed by atoms with van der Waals surface area (Å²) in [6.07, 6.45) is 2.32. The van der Waals surface area contributed by atoms with Gasteiger partial charge in [0.15, 0.2) is 0 Å². The number of para-hydroxylation sites is 1. The van der Waals surface area contributed by atoms with Crippen molar-refractivity contribution < 1.29 is 4.79 Å². The number of hydrogen-bond acceptors (Lipinski definition) is 4. The molecule has 2 aliphatic heterocycles. The van der Waals surface area contributed by atoms with Crippen molar-refractivity contribution in [3.8, 4) is 0 Å². The van der Waals surface area contributed by atoms with Gasteiger partial charge in [-0.2, -0.15) is 11.3 Å². The Labute approximate surface area is 160 Å². The summed E-state index contributed by atoms with van der Waals surface area (Å²) >= 11 is 1.60. The van der Waals surface area contributed by atoms with Crippen molar-refractivity contribution in [2.75, 3.05) is 44.2 Å². The summed E-state index contributed by atoms with van der Waals surface area (Å²) in [5, 5.41) is 3.95. The molecular weight excluding hydrogens is 342 g/mol. The molecule has 0 N–H and O–H groups in total. The fraction of sp³-hybridized carbons (Fsp3) is 0.476. The number of amides is 1. The smallest absolute Gasteiger partial charge is 0.254 e. The minimum Gasteiger partial charge on any atom is -0.369 e. The van der Waals surface area contributed by atoms with Crippen LogP contribution in [0.1, 0.15) is 28.8 Å². The normalized spacial score (nSPS) is 21.8. The minimum absolute atomic E-state index is 0.203. The van der Waals surface area contributed by atoms with E-state index >= 15 is 0 Å². The van der Waals surface area contributed by atoms with Crippen molar-refractivity contribution in [3.05, 3.63) is 52.2 Å². The lowest BCUT2D eigenvalue weighted by Crippen LogP contribution is -2.56. The predicted octanol–water partition coefficient (Wildman–Crippen LogP) is 3.48. The average Bonchev–Trinajstić information content (AvgIpc) is 3.23. The van der Waals surface area contributed by atoms with Gasteiger partial charge < -0.3 is 9.80 Å². The molecule has 2 aliphatic rings. The van der Waals surface area contributed by atoms with Gasteiger partial charge in [0.2, 0.25) is 0 Å². The van der Waals surface area contributed by atoms with E-state index in [1.807, 2.05) is 16.8 Å². The van der Waals surface area contributed by atoms with Crippen molar-refractivity contribution in [2.24, 2.45) is 0 Å². The van der Waals surface area contributed by atoms with E-state index in [2.05, 4.69) is 45.9 Å². The summed E-state index contributed by atoms with van der Waals surface area (Å²) in [6, 6.07) is 11.1. The first-order chi connectivity index (χ1) is 12.7. The van der Waals surface area contributed by atoms with Crippen LogP contribution in [-0.4, -0.2) is 61.0 Å². The van der Waals surface area contributed by atoms with Crippen LogP contribution >= 0.6 is 11.3 Å². The quantitative estimate of drug-likeness (QED) is 0.829. The molecule has 2 aromatic rings. The molecule has 5 heteroatoms. The third-order valence-electron chi connectivity index (χ3n) is 5.74. The van der Waals surface area contributed by atoms with Crippen molar-refractivity contribution in [2.45, 2.75) is 25.8 Å². The topological polar surface area (TPSA) is 26.8 Å². The van der Waals surface area contributed by atoms with Crippen LogP contribution < -0.4 is 4.90 Å². The molecule has 2 saturated heterocycles. The van der Waals surface area contributed by atoms with E-state index in [9.17, 15) is 4.79 Å². The van der Waals surface area contributed by atoms with Crippen LogP contribution in [0.2, 0.25) is 0 Å². The van der Waals surface area contributed by atoms with E-state index in [-0.39, 0.29) is 5.91 Å². The first-order valence-corrected chi connectivity index (χ1v) is 10.5. The van der Waals surface area contributed by atoms with E-state index in [4.69, 9.17) is 0 Å². The lowest BCUT2D eigenvalue weighted by atomic mass is 10.0. The molecule has 1 atom stereocenters. The molecule has 0 unspecified atom stereocenters. The molecule has 0 saturated carbocycles. The Balaban J connectivity index is 1.35. The van der Waals surface area contributed by atoms with Crippen molar-refractivity contribution >= 4 is 22.9 Å². The monoisotopic (exact) mass is 369 g/mol. The Kier molecular flexibility index (Phi) is 5.27. The van der Waals surface area contributed by atoms with E-state index in [1.165, 1.54) is 17.7 Å². The van der Waals surface area contributed by atoms with Crippen molar-refractivity contribution in [1.82, 2.24) is 9.80 Å². The highest BCUT2D eigenvalue weighted by Gasteiger charge is 2.30. The van der Waals surface area contributed by atoms with Gasteiger partial charge in [-0.3, -0.25) is 9.69 Å². The van der Waals surface area contributed by atoms with Crippen LogP contribution in [0, 0.1) is 6.92 Å². The van der Waals surface area contributed by atoms with E-state index in [1.54, 1.807) is 11.3 Å². The van der Waals surface area contributed by atoms with Gasteiger partial charge in [0.05, 0.1) is 5.56 Å². The van der Waals surface area contributed by atoms with E-state index in [0.29, 0.717) is 6.04 Å². The maximum atomic E-state index is 12.7. The van der Waals surface area contributed by atoms with Gasteiger partial charge in [-0.1, -0.05) is 18.2 Å². The summed E-state index contributed by atoms with van der Waals surface area (Å²) in [7, 11) is 0. The van der Waals surface area contributed by atoms with E-state index in [0.717, 1.165) is 51.3 Å². The van der Waals surface area contributed by atoms with Crippen molar-refractivity contribution in [1.29, 1.82) is 0 Å². The molecule has 0 spiro atoms. The van der Waals surface area contributed by atoms with Gasteiger partial charge in [-0.05, 0) is 42.8 Å². The zero-order valence-electron chi connectivity index (χ0n) is 15.4. The number of benzene rings is 1. The average molecular weight is 370 g/mol. The summed E-state index contributed by atoms with van der Waals surface area (Å²) in [6.45, 7) is 8.27. The summed E-state index contributed by atoms with van der Waals surface area (Å²) in [5.41, 5.74) is 3.57. The minimum atomic E-state index is 0.203. The maximum Gasteiger partial charge on any atom is 0.254 e. The highest BCUT2D eigenvalue weighted by atomic mass is 32.1. The van der Waals surface area contributed by atoms with Gasteiger partial charge in [-0.15, -0.1) is 0 Å². The molecule has 1 amide bonds. The first-order valence-electron chi connectivity index (χ1n) is 9.58. The van der Waals surface area contributed by atoms with Crippen LogP contribution in [-0.2, 0) is 0 Å². The van der Waals surface area contributed by atoms with Crippen LogP contribution in [0.25, 0.3) is 0 Å². The SMILES string of the molecule is Cc1ccccc1N1CCN([C@H]2CCCN(C(=O)c3ccsc3)C2)CC1. The second-order valence-electron chi connectivity index (χ2n) is 7.37. The summed E-state index contributed by atoms with van der Waals surface area (Å²) < 4.78 is 0. The molecule has 3 heterocycles. The molecule has 0 bridgehead atoms. The lowest BCUT2D eigenvalue weighted by molar-refractivity contribution is 0.0564. The fourth-order valence-corrected chi connectivity index (χ4v) is 4.88. The molecule has 1 aromatic carbocycles. The van der Waals surface area contributed by atoms with Gasteiger partial charge in [0, 0.05) is 56.4 Å². The van der Waals surface area contributed by atoms with Gasteiger partial charge >= 0.3 is 0 Å². The number of piperazine rings is 1. The third-order valence-corrected chi connectivity index (χ3v) is 6.42. The van der Waals surface area contributed by atoms with Gasteiger partial charge in [0.25, 0.3) is 5.91 Å². The number of aryl methyl sites for hydroxylation is 1. The fourth-order valence-electron chi connectivity index (χ4n) is 4.25. The largest absolute Gasteiger partial charge is 0.369 e. The molecular formula is C21H27N3OS. The number of carbonyl (C=O) groups excluding carboxylic acids is 1. The van der Waals surface area contributed by atoms with Crippen LogP contribution in [0.15, 0.2) is 41.1 Å². The number of likely N-dealkylation sites (tertiary alicyclic amines) is 1. The highest BCUT2D eigenvalue weighted by Crippen LogP contribution is 2.24. The highest BCUT2D eigenvalue weighted by molar-refractivity contribution is 7.08. The predicted molar refractivity (Wildman–Crippen MR) is 108 cm³/mol. The number of hydrogen-bond donors (Lipinski definition) is 0. The summed E-state index contributed by atoms with van der Waals surface area (Å²) in [4.78, 5) is 19.8. The molecule has 26 heavy (non-hydrogen) atoms. The number of thiophene rings is 1. The first kappa shape index (κ1) is 17.6. The van der Waals surface area contributed by atoms with Crippen LogP contribution in [0.3, 0.4) is 0 Å². The molecule has 2 fully saturated rings. The van der Waals surface area contributed by atoms with Crippen LogP contribution in [0.5, 0.6) is 0 Å². The zero-order valence-corrected chi connectivity index (χ0v) is 16.3. The summed E-state index contributed by atoms with van der Waals surface area (Å²) in [5.74, 6) is 0.203. The lowest BCUT2D eigenvalue weighted by Gasteiger charge is -2.44. The number of rotatable bonds is 3. The molecule has 1 aromatic heterocycles. The number of anilines is 1. The third kappa shape index (κ3) is 3.64. The molecule has 4 nitrogen and oxygen atoms in total. The van der Waals surface area contributed by atoms with Crippen LogP contribution in [0.4, 0.5) is 5.69 Å². The standard InChI is InChI=1S/C21H27N3OS/c1-17-5-2-3-7-20(17)23-12-10-22(11-13-23)19-6-4-9-24(15-19)21(25)18-8-14-26-16-18/h2-3,5,7-8,14,16,19H,4,6,9-13,15H2,1H3/t19-/m0/s1. The molecule has 138 valence electrons. The molecule has 0 aliphatic carbocycles. The Morgan fingerprint density at radius 2 is 1.88 bits per heavy atom. The molecule has 0 radical (unpaired) electrons. The second-order valence-corrected chi connectivity index (χ2v) is 8.15. The zero-order chi connectivity index (χ0) is 17.9. The number of nitrogens with zero attached hydrogens (tertiary/aromatic N) is 3.